The van der Waals surface area contributed by atoms with Crippen molar-refractivity contribution in [3.05, 3.63) is 58.7 Å². The van der Waals surface area contributed by atoms with Crippen molar-refractivity contribution in [3.8, 4) is 23.8 Å². The summed E-state index contributed by atoms with van der Waals surface area (Å²) in [5.41, 5.74) is 2.54. The fraction of sp³-hybridized carbons (Fsp3) is 0.208. The highest BCUT2D eigenvalue weighted by Crippen LogP contribution is 2.30. The summed E-state index contributed by atoms with van der Waals surface area (Å²) >= 11 is 0. The van der Waals surface area contributed by atoms with Gasteiger partial charge >= 0.3 is 6.03 Å². The van der Waals surface area contributed by atoms with E-state index in [1.165, 1.54) is 6.08 Å². The van der Waals surface area contributed by atoms with Crippen LogP contribution in [0, 0.1) is 26.2 Å². The number of terminal acetylenes is 1. The molecule has 0 aliphatic carbocycles. The Balaban J connectivity index is 1.99. The van der Waals surface area contributed by atoms with E-state index in [-0.39, 0.29) is 12.2 Å². The van der Waals surface area contributed by atoms with E-state index in [4.69, 9.17) is 15.9 Å². The number of urea groups is 1. The largest absolute Gasteiger partial charge is 0.490 e. The first-order valence-corrected chi connectivity index (χ1v) is 9.67. The summed E-state index contributed by atoms with van der Waals surface area (Å²) in [6, 6.07) is 9.51. The van der Waals surface area contributed by atoms with Gasteiger partial charge in [-0.1, -0.05) is 18.1 Å². The molecule has 0 atom stereocenters. The highest BCUT2D eigenvalue weighted by atomic mass is 16.5. The van der Waals surface area contributed by atoms with Gasteiger partial charge in [0.1, 0.15) is 12.2 Å². The minimum Gasteiger partial charge on any atom is -0.490 e. The summed E-state index contributed by atoms with van der Waals surface area (Å²) in [4.78, 5) is 38.9. The van der Waals surface area contributed by atoms with Crippen LogP contribution in [-0.2, 0) is 9.59 Å². The zero-order valence-electron chi connectivity index (χ0n) is 17.5. The molecule has 7 heteroatoms. The lowest BCUT2D eigenvalue weighted by Gasteiger charge is -2.27. The van der Waals surface area contributed by atoms with Gasteiger partial charge in [0.15, 0.2) is 11.5 Å². The van der Waals surface area contributed by atoms with E-state index < -0.39 is 17.8 Å². The van der Waals surface area contributed by atoms with E-state index in [0.717, 1.165) is 16.0 Å². The smallest absolute Gasteiger partial charge is 0.335 e. The van der Waals surface area contributed by atoms with Crippen LogP contribution < -0.4 is 19.7 Å². The van der Waals surface area contributed by atoms with Crippen molar-refractivity contribution < 1.29 is 23.9 Å². The first-order valence-electron chi connectivity index (χ1n) is 9.67. The molecule has 3 rings (SSSR count). The normalized spacial score (nSPS) is 15.0. The topological polar surface area (TPSA) is 84.9 Å². The molecule has 158 valence electrons. The minimum atomic E-state index is -0.787. The van der Waals surface area contributed by atoms with Gasteiger partial charge in [0.05, 0.1) is 12.3 Å². The monoisotopic (exact) mass is 418 g/mol. The number of ether oxygens (including phenoxy) is 2. The molecule has 1 fully saturated rings. The average Bonchev–Trinajstić information content (AvgIpc) is 2.70. The van der Waals surface area contributed by atoms with Crippen molar-refractivity contribution in [3.63, 3.8) is 0 Å². The maximum absolute atomic E-state index is 13.1. The molecule has 7 nitrogen and oxygen atoms in total. The van der Waals surface area contributed by atoms with Crippen LogP contribution in [0.1, 0.15) is 23.6 Å². The van der Waals surface area contributed by atoms with E-state index in [1.54, 1.807) is 30.3 Å². The highest BCUT2D eigenvalue weighted by Gasteiger charge is 2.37. The number of imide groups is 2. The third-order valence-corrected chi connectivity index (χ3v) is 4.46. The number of carbonyl (C=O) groups excluding carboxylic acids is 3. The molecule has 0 unspecified atom stereocenters. The molecule has 0 bridgehead atoms. The Labute approximate surface area is 180 Å². The summed E-state index contributed by atoms with van der Waals surface area (Å²) in [5.74, 6) is 1.80. The number of carbonyl (C=O) groups is 3. The summed E-state index contributed by atoms with van der Waals surface area (Å²) < 4.78 is 11.0. The van der Waals surface area contributed by atoms with Crippen LogP contribution in [-0.4, -0.2) is 31.1 Å². The van der Waals surface area contributed by atoms with Crippen molar-refractivity contribution in [1.82, 2.24) is 5.32 Å². The number of hydrogen-bond acceptors (Lipinski definition) is 5. The molecule has 2 aromatic rings. The lowest BCUT2D eigenvalue weighted by molar-refractivity contribution is -0.122. The van der Waals surface area contributed by atoms with E-state index >= 15 is 0 Å². The Hall–Kier alpha value is -4.05. The van der Waals surface area contributed by atoms with Gasteiger partial charge in [-0.3, -0.25) is 14.9 Å². The standard InChI is InChI=1S/C24H22N2O5/c1-5-9-31-20-8-7-17(14-21(20)30-6-2)13-19-22(27)25-24(29)26(23(19)28)18-11-15(3)10-16(4)12-18/h1,7-8,10-14H,6,9H2,2-4H3,(H,25,27,29)/b19-13+. The molecule has 1 heterocycles. The molecule has 0 spiro atoms. The maximum atomic E-state index is 13.1. The summed E-state index contributed by atoms with van der Waals surface area (Å²) in [5, 5.41) is 2.23. The Morgan fingerprint density at radius 2 is 1.74 bits per heavy atom. The van der Waals surface area contributed by atoms with Crippen LogP contribution in [0.15, 0.2) is 42.0 Å². The van der Waals surface area contributed by atoms with Crippen LogP contribution >= 0.6 is 0 Å². The van der Waals surface area contributed by atoms with Crippen LogP contribution in [0.4, 0.5) is 10.5 Å². The Bertz CT molecular complexity index is 1110. The zero-order chi connectivity index (χ0) is 22.5. The lowest BCUT2D eigenvalue weighted by atomic mass is 10.0. The maximum Gasteiger partial charge on any atom is 0.335 e. The third-order valence-electron chi connectivity index (χ3n) is 4.46. The number of nitrogens with one attached hydrogen (secondary N) is 1. The minimum absolute atomic E-state index is 0.0778. The van der Waals surface area contributed by atoms with Crippen LogP contribution in [0.2, 0.25) is 0 Å². The molecule has 2 aromatic carbocycles. The van der Waals surface area contributed by atoms with E-state index in [9.17, 15) is 14.4 Å². The SMILES string of the molecule is C#CCOc1ccc(/C=C2\C(=O)NC(=O)N(c3cc(C)cc(C)c3)C2=O)cc1OCC. The molecule has 0 aromatic heterocycles. The van der Waals surface area contributed by atoms with Gasteiger partial charge in [-0.2, -0.15) is 0 Å². The zero-order valence-corrected chi connectivity index (χ0v) is 17.5. The van der Waals surface area contributed by atoms with Crippen molar-refractivity contribution in [2.75, 3.05) is 18.1 Å². The number of hydrogen-bond donors (Lipinski definition) is 1. The van der Waals surface area contributed by atoms with E-state index in [2.05, 4.69) is 11.2 Å². The van der Waals surface area contributed by atoms with E-state index in [0.29, 0.717) is 29.4 Å². The fourth-order valence-electron chi connectivity index (χ4n) is 3.26. The lowest BCUT2D eigenvalue weighted by Crippen LogP contribution is -2.54. The quantitative estimate of drug-likeness (QED) is 0.442. The number of aryl methyl sites for hydroxylation is 2. The van der Waals surface area contributed by atoms with Crippen LogP contribution in [0.3, 0.4) is 0 Å². The molecular weight excluding hydrogens is 396 g/mol. The third kappa shape index (κ3) is 4.75. The molecule has 31 heavy (non-hydrogen) atoms. The summed E-state index contributed by atoms with van der Waals surface area (Å²) in [6.45, 7) is 6.02. The van der Waals surface area contributed by atoms with Crippen LogP contribution in [0.5, 0.6) is 11.5 Å². The van der Waals surface area contributed by atoms with Gasteiger partial charge in [0.2, 0.25) is 0 Å². The molecule has 0 saturated carbocycles. The number of barbiturate groups is 1. The molecular formula is C24H22N2O5. The van der Waals surface area contributed by atoms with Gasteiger partial charge in [-0.05, 0) is 67.8 Å². The number of anilines is 1. The van der Waals surface area contributed by atoms with Crippen molar-refractivity contribution >= 4 is 29.6 Å². The van der Waals surface area contributed by atoms with Gasteiger partial charge in [-0.25, -0.2) is 9.69 Å². The predicted molar refractivity (Wildman–Crippen MR) is 117 cm³/mol. The van der Waals surface area contributed by atoms with Gasteiger partial charge in [0.25, 0.3) is 11.8 Å². The molecule has 1 N–H and O–H groups in total. The Morgan fingerprint density at radius 1 is 1.03 bits per heavy atom. The first kappa shape index (κ1) is 21.7. The number of amides is 4. The van der Waals surface area contributed by atoms with Gasteiger partial charge in [-0.15, -0.1) is 6.42 Å². The Kier molecular flexibility index (Phi) is 6.41. The van der Waals surface area contributed by atoms with Crippen LogP contribution in [0.25, 0.3) is 6.08 Å². The van der Waals surface area contributed by atoms with Gasteiger partial charge in [0, 0.05) is 0 Å². The molecule has 1 aliphatic rings. The number of benzene rings is 2. The molecule has 1 aliphatic heterocycles. The second kappa shape index (κ2) is 9.18. The van der Waals surface area contributed by atoms with Crippen molar-refractivity contribution in [1.29, 1.82) is 0 Å². The summed E-state index contributed by atoms with van der Waals surface area (Å²) in [7, 11) is 0. The molecule has 0 radical (unpaired) electrons. The molecule has 1 saturated heterocycles. The van der Waals surface area contributed by atoms with Crippen molar-refractivity contribution in [2.24, 2.45) is 0 Å². The summed E-state index contributed by atoms with van der Waals surface area (Å²) in [6.07, 6.45) is 6.65. The van der Waals surface area contributed by atoms with Crippen molar-refractivity contribution in [2.45, 2.75) is 20.8 Å². The number of rotatable bonds is 6. The number of nitrogens with zero attached hydrogens (tertiary/aromatic N) is 1. The highest BCUT2D eigenvalue weighted by molar-refractivity contribution is 6.39. The van der Waals surface area contributed by atoms with E-state index in [1.807, 2.05) is 26.8 Å². The Morgan fingerprint density at radius 3 is 2.39 bits per heavy atom. The molecule has 4 amide bonds. The van der Waals surface area contributed by atoms with Gasteiger partial charge < -0.3 is 9.47 Å². The average molecular weight is 418 g/mol. The predicted octanol–water partition coefficient (Wildman–Crippen LogP) is 3.38. The second-order valence-electron chi connectivity index (χ2n) is 6.94. The second-order valence-corrected chi connectivity index (χ2v) is 6.94. The fourth-order valence-corrected chi connectivity index (χ4v) is 3.26. The first-order chi connectivity index (χ1) is 14.8.